The summed E-state index contributed by atoms with van der Waals surface area (Å²) in [5.41, 5.74) is 0.989. The van der Waals surface area contributed by atoms with Gasteiger partial charge in [-0.25, -0.2) is 9.97 Å². The van der Waals surface area contributed by atoms with E-state index in [2.05, 4.69) is 23.8 Å². The molecule has 0 N–H and O–H groups in total. The summed E-state index contributed by atoms with van der Waals surface area (Å²) in [7, 11) is 0. The quantitative estimate of drug-likeness (QED) is 0.280. The van der Waals surface area contributed by atoms with E-state index >= 15 is 0 Å². The summed E-state index contributed by atoms with van der Waals surface area (Å²) in [4.78, 5) is 8.89. The number of unbranched alkanes of at least 4 members (excludes halogenated alkanes) is 9. The Morgan fingerprint density at radius 1 is 0.586 bits per heavy atom. The van der Waals surface area contributed by atoms with Crippen molar-refractivity contribution in [3.8, 4) is 22.9 Å². The van der Waals surface area contributed by atoms with Gasteiger partial charge in [-0.3, -0.25) is 0 Å². The molecule has 0 spiro atoms. The molecule has 0 bridgehead atoms. The fraction of sp³-hybridized carbons (Fsp3) is 0.600. The van der Waals surface area contributed by atoms with Crippen molar-refractivity contribution in [2.75, 3.05) is 13.2 Å². The summed E-state index contributed by atoms with van der Waals surface area (Å²) in [6.07, 6.45) is 17.3. The second-order valence-electron chi connectivity index (χ2n) is 7.65. The van der Waals surface area contributed by atoms with Crippen molar-refractivity contribution in [3.63, 3.8) is 0 Å². The maximum Gasteiger partial charge on any atom is 0.159 e. The third kappa shape index (κ3) is 9.78. The number of benzene rings is 1. The molecule has 1 aromatic heterocycles. The van der Waals surface area contributed by atoms with Gasteiger partial charge in [-0.15, -0.1) is 0 Å². The van der Waals surface area contributed by atoms with Crippen LogP contribution in [0.5, 0.6) is 11.5 Å². The van der Waals surface area contributed by atoms with Crippen LogP contribution in [-0.2, 0) is 0 Å². The highest BCUT2D eigenvalue weighted by atomic mass is 16.5. The third-order valence-corrected chi connectivity index (χ3v) is 5.02. The standard InChI is InChI=1S/C25H38N2O2/c1-3-5-7-9-11-13-19-29-24-20-26-25(27-21-24)22-14-16-23(17-15-22)28-18-12-10-8-6-4-2/h14-17,20-21H,3-13,18-19H2,1-2H3. The van der Waals surface area contributed by atoms with Crippen LogP contribution in [0.4, 0.5) is 0 Å². The van der Waals surface area contributed by atoms with Crippen molar-refractivity contribution in [2.24, 2.45) is 0 Å². The Kier molecular flexibility index (Phi) is 11.9. The van der Waals surface area contributed by atoms with Crippen LogP contribution in [0, 0.1) is 0 Å². The number of ether oxygens (including phenoxy) is 2. The van der Waals surface area contributed by atoms with Crippen LogP contribution in [0.25, 0.3) is 11.4 Å². The zero-order valence-corrected chi connectivity index (χ0v) is 18.4. The Bertz CT molecular complexity index is 641. The van der Waals surface area contributed by atoms with Crippen LogP contribution in [0.15, 0.2) is 36.7 Å². The summed E-state index contributed by atoms with van der Waals surface area (Å²) < 4.78 is 11.6. The van der Waals surface area contributed by atoms with E-state index in [4.69, 9.17) is 9.47 Å². The molecule has 2 rings (SSSR count). The minimum absolute atomic E-state index is 0.711. The van der Waals surface area contributed by atoms with E-state index in [0.29, 0.717) is 5.82 Å². The van der Waals surface area contributed by atoms with Crippen molar-refractivity contribution in [1.82, 2.24) is 9.97 Å². The minimum Gasteiger partial charge on any atom is -0.494 e. The first-order valence-corrected chi connectivity index (χ1v) is 11.5. The lowest BCUT2D eigenvalue weighted by Gasteiger charge is -2.08. The molecule has 160 valence electrons. The first-order chi connectivity index (χ1) is 14.3. The highest BCUT2D eigenvalue weighted by Gasteiger charge is 2.03. The molecule has 0 saturated carbocycles. The lowest BCUT2D eigenvalue weighted by atomic mass is 10.1. The van der Waals surface area contributed by atoms with E-state index in [1.54, 1.807) is 12.4 Å². The molecule has 2 aromatic rings. The van der Waals surface area contributed by atoms with Gasteiger partial charge in [0, 0.05) is 5.56 Å². The molecule has 4 nitrogen and oxygen atoms in total. The third-order valence-electron chi connectivity index (χ3n) is 5.02. The smallest absolute Gasteiger partial charge is 0.159 e. The second kappa shape index (κ2) is 14.8. The largest absolute Gasteiger partial charge is 0.494 e. The van der Waals surface area contributed by atoms with Gasteiger partial charge in [0.05, 0.1) is 25.6 Å². The molecule has 0 atom stereocenters. The number of rotatable bonds is 16. The monoisotopic (exact) mass is 398 g/mol. The van der Waals surface area contributed by atoms with E-state index in [9.17, 15) is 0 Å². The predicted molar refractivity (Wildman–Crippen MR) is 121 cm³/mol. The molecule has 29 heavy (non-hydrogen) atoms. The minimum atomic E-state index is 0.711. The molecular weight excluding hydrogens is 360 g/mol. The van der Waals surface area contributed by atoms with Crippen LogP contribution >= 0.6 is 0 Å². The van der Waals surface area contributed by atoms with Gasteiger partial charge in [-0.05, 0) is 37.1 Å². The highest BCUT2D eigenvalue weighted by Crippen LogP contribution is 2.21. The van der Waals surface area contributed by atoms with E-state index in [1.165, 1.54) is 57.8 Å². The Hall–Kier alpha value is -2.10. The Labute approximate surface area is 177 Å². The summed E-state index contributed by atoms with van der Waals surface area (Å²) in [5, 5.41) is 0. The topological polar surface area (TPSA) is 44.2 Å². The molecule has 1 aromatic carbocycles. The van der Waals surface area contributed by atoms with Gasteiger partial charge in [-0.2, -0.15) is 0 Å². The van der Waals surface area contributed by atoms with E-state index in [-0.39, 0.29) is 0 Å². The van der Waals surface area contributed by atoms with Gasteiger partial charge in [0.25, 0.3) is 0 Å². The summed E-state index contributed by atoms with van der Waals surface area (Å²) in [5.74, 6) is 2.36. The van der Waals surface area contributed by atoms with Crippen LogP contribution < -0.4 is 9.47 Å². The molecule has 0 aliphatic rings. The Balaban J connectivity index is 1.68. The first-order valence-electron chi connectivity index (χ1n) is 11.5. The van der Waals surface area contributed by atoms with Crippen molar-refractivity contribution in [2.45, 2.75) is 84.5 Å². The van der Waals surface area contributed by atoms with E-state index in [0.717, 1.165) is 43.1 Å². The number of nitrogens with zero attached hydrogens (tertiary/aromatic N) is 2. The molecule has 0 aliphatic carbocycles. The maximum atomic E-state index is 5.82. The lowest BCUT2D eigenvalue weighted by molar-refractivity contribution is 0.302. The molecule has 0 unspecified atom stereocenters. The second-order valence-corrected chi connectivity index (χ2v) is 7.65. The summed E-state index contributed by atoms with van der Waals surface area (Å²) >= 11 is 0. The molecule has 1 heterocycles. The summed E-state index contributed by atoms with van der Waals surface area (Å²) in [6.45, 7) is 5.99. The first kappa shape index (κ1) is 23.2. The zero-order chi connectivity index (χ0) is 20.6. The van der Waals surface area contributed by atoms with Gasteiger partial charge in [0.1, 0.15) is 5.75 Å². The van der Waals surface area contributed by atoms with Gasteiger partial charge in [0.2, 0.25) is 0 Å². The normalized spacial score (nSPS) is 10.8. The molecule has 0 saturated heterocycles. The molecular formula is C25H38N2O2. The molecule has 0 aliphatic heterocycles. The molecule has 0 amide bonds. The highest BCUT2D eigenvalue weighted by molar-refractivity contribution is 5.56. The van der Waals surface area contributed by atoms with Gasteiger partial charge >= 0.3 is 0 Å². The Morgan fingerprint density at radius 2 is 1.07 bits per heavy atom. The van der Waals surface area contributed by atoms with Crippen LogP contribution in [0.3, 0.4) is 0 Å². The zero-order valence-electron chi connectivity index (χ0n) is 18.4. The fourth-order valence-electron chi connectivity index (χ4n) is 3.21. The predicted octanol–water partition coefficient (Wildman–Crippen LogP) is 7.23. The average Bonchev–Trinajstić information content (AvgIpc) is 2.76. The Morgan fingerprint density at radius 3 is 1.62 bits per heavy atom. The number of aromatic nitrogens is 2. The fourth-order valence-corrected chi connectivity index (χ4v) is 3.21. The maximum absolute atomic E-state index is 5.82. The van der Waals surface area contributed by atoms with Crippen molar-refractivity contribution in [1.29, 1.82) is 0 Å². The van der Waals surface area contributed by atoms with Gasteiger partial charge in [-0.1, -0.05) is 71.6 Å². The van der Waals surface area contributed by atoms with E-state index < -0.39 is 0 Å². The average molecular weight is 399 g/mol. The lowest BCUT2D eigenvalue weighted by Crippen LogP contribution is -1.99. The summed E-state index contributed by atoms with van der Waals surface area (Å²) in [6, 6.07) is 8.01. The van der Waals surface area contributed by atoms with Gasteiger partial charge < -0.3 is 9.47 Å². The van der Waals surface area contributed by atoms with E-state index in [1.807, 2.05) is 24.3 Å². The molecule has 0 radical (unpaired) electrons. The number of hydrogen-bond donors (Lipinski definition) is 0. The van der Waals surface area contributed by atoms with Crippen LogP contribution in [0.1, 0.15) is 84.5 Å². The van der Waals surface area contributed by atoms with Crippen LogP contribution in [0.2, 0.25) is 0 Å². The van der Waals surface area contributed by atoms with Crippen molar-refractivity contribution < 1.29 is 9.47 Å². The van der Waals surface area contributed by atoms with Crippen molar-refractivity contribution in [3.05, 3.63) is 36.7 Å². The molecule has 0 fully saturated rings. The van der Waals surface area contributed by atoms with Crippen LogP contribution in [-0.4, -0.2) is 23.2 Å². The number of hydrogen-bond acceptors (Lipinski definition) is 4. The van der Waals surface area contributed by atoms with Crippen molar-refractivity contribution >= 4 is 0 Å². The SMILES string of the molecule is CCCCCCCCOc1cnc(-c2ccc(OCCCCCCC)cc2)nc1. The van der Waals surface area contributed by atoms with Gasteiger partial charge in [0.15, 0.2) is 11.6 Å². The molecule has 4 heteroatoms.